The van der Waals surface area contributed by atoms with E-state index < -0.39 is 11.8 Å². The zero-order chi connectivity index (χ0) is 15.8. The number of piperidine rings is 1. The number of aliphatic hydroxyl groups is 1. The topological polar surface area (TPSA) is 62.4 Å². The van der Waals surface area contributed by atoms with E-state index in [1.807, 2.05) is 16.8 Å². The zero-order valence-electron chi connectivity index (χ0n) is 11.5. The van der Waals surface area contributed by atoms with E-state index in [-0.39, 0.29) is 25.9 Å². The van der Waals surface area contributed by atoms with Crippen molar-refractivity contribution in [1.29, 1.82) is 0 Å². The minimum absolute atomic E-state index is 0.137. The molecule has 2 aromatic heterocycles. The zero-order valence-corrected chi connectivity index (χ0v) is 12.3. The third kappa shape index (κ3) is 3.01. The molecule has 0 aliphatic carbocycles. The maximum Gasteiger partial charge on any atom is 0.417 e. The van der Waals surface area contributed by atoms with E-state index in [9.17, 15) is 18.3 Å². The van der Waals surface area contributed by atoms with Crippen molar-refractivity contribution in [2.75, 3.05) is 13.1 Å². The Morgan fingerprint density at radius 3 is 2.68 bits per heavy atom. The molecular formula is C13H14F3N3O2S. The maximum absolute atomic E-state index is 12.7. The van der Waals surface area contributed by atoms with Crippen molar-refractivity contribution in [3.8, 4) is 11.5 Å². The summed E-state index contributed by atoms with van der Waals surface area (Å²) >= 11 is 1.51. The van der Waals surface area contributed by atoms with Gasteiger partial charge >= 0.3 is 6.18 Å². The van der Waals surface area contributed by atoms with Crippen LogP contribution in [0.1, 0.15) is 18.7 Å². The minimum atomic E-state index is -4.59. The summed E-state index contributed by atoms with van der Waals surface area (Å²) in [7, 11) is 0. The van der Waals surface area contributed by atoms with Crippen molar-refractivity contribution >= 4 is 11.3 Å². The number of halogens is 3. The van der Waals surface area contributed by atoms with Crippen LogP contribution >= 0.6 is 11.3 Å². The first kappa shape index (κ1) is 15.4. The van der Waals surface area contributed by atoms with Gasteiger partial charge in [0.05, 0.1) is 12.1 Å². The van der Waals surface area contributed by atoms with Crippen molar-refractivity contribution in [1.82, 2.24) is 15.0 Å². The van der Waals surface area contributed by atoms with Crippen molar-refractivity contribution in [2.45, 2.75) is 31.2 Å². The van der Waals surface area contributed by atoms with Gasteiger partial charge in [-0.15, -0.1) is 0 Å². The lowest BCUT2D eigenvalue weighted by Crippen LogP contribution is -2.53. The van der Waals surface area contributed by atoms with Gasteiger partial charge in [0.1, 0.15) is 0 Å². The Kier molecular flexibility index (Phi) is 3.96. The average molecular weight is 333 g/mol. The molecule has 120 valence electrons. The lowest BCUT2D eigenvalue weighted by Gasteiger charge is -2.38. The SMILES string of the molecule is OC1(C(F)(F)F)CCN(Cc2noc(-c3ccsc3)n2)CC1. The summed E-state index contributed by atoms with van der Waals surface area (Å²) in [6.45, 7) is 0.582. The van der Waals surface area contributed by atoms with Gasteiger partial charge in [0.15, 0.2) is 11.4 Å². The first-order valence-corrected chi connectivity index (χ1v) is 7.68. The molecule has 1 fully saturated rings. The smallest absolute Gasteiger partial charge is 0.380 e. The molecule has 9 heteroatoms. The van der Waals surface area contributed by atoms with Gasteiger partial charge in [-0.2, -0.15) is 29.5 Å². The molecule has 1 aliphatic rings. The molecule has 1 N–H and O–H groups in total. The molecule has 22 heavy (non-hydrogen) atoms. The predicted octanol–water partition coefficient (Wildman–Crippen LogP) is 2.69. The molecule has 1 aliphatic heterocycles. The number of alkyl halides is 3. The van der Waals surface area contributed by atoms with E-state index >= 15 is 0 Å². The second kappa shape index (κ2) is 5.64. The standard InChI is InChI=1S/C13H14F3N3O2S/c14-13(15,16)12(20)2-4-19(5-3-12)7-10-17-11(21-18-10)9-1-6-22-8-9/h1,6,8,20H,2-5,7H2. The fraction of sp³-hybridized carbons (Fsp3) is 0.538. The van der Waals surface area contributed by atoms with E-state index in [1.165, 1.54) is 11.3 Å². The van der Waals surface area contributed by atoms with Gasteiger partial charge in [-0.25, -0.2) is 0 Å². The van der Waals surface area contributed by atoms with Crippen LogP contribution in [-0.2, 0) is 6.54 Å². The van der Waals surface area contributed by atoms with Crippen LogP contribution in [0.2, 0.25) is 0 Å². The Labute approximate surface area is 128 Å². The number of thiophene rings is 1. The van der Waals surface area contributed by atoms with Crippen molar-refractivity contribution < 1.29 is 22.8 Å². The number of rotatable bonds is 3. The van der Waals surface area contributed by atoms with Gasteiger partial charge in [0.2, 0.25) is 0 Å². The van der Waals surface area contributed by atoms with E-state index in [0.717, 1.165) is 5.56 Å². The van der Waals surface area contributed by atoms with E-state index in [0.29, 0.717) is 18.3 Å². The molecule has 3 heterocycles. The number of aromatic nitrogens is 2. The lowest BCUT2D eigenvalue weighted by molar-refractivity contribution is -0.272. The fourth-order valence-electron chi connectivity index (χ4n) is 2.39. The highest BCUT2D eigenvalue weighted by molar-refractivity contribution is 7.08. The Hall–Kier alpha value is -1.45. The molecule has 3 rings (SSSR count). The first-order chi connectivity index (χ1) is 10.4. The monoisotopic (exact) mass is 333 g/mol. The number of likely N-dealkylation sites (tertiary alicyclic amines) is 1. The van der Waals surface area contributed by atoms with Gasteiger partial charge in [0.25, 0.3) is 5.89 Å². The average Bonchev–Trinajstić information content (AvgIpc) is 3.11. The van der Waals surface area contributed by atoms with Gasteiger partial charge in [-0.05, 0) is 24.3 Å². The second-order valence-corrected chi connectivity index (χ2v) is 6.11. The predicted molar refractivity (Wildman–Crippen MR) is 73.1 cm³/mol. The fourth-order valence-corrected chi connectivity index (χ4v) is 3.02. The molecule has 0 radical (unpaired) electrons. The molecule has 0 aromatic carbocycles. The van der Waals surface area contributed by atoms with Crippen LogP contribution in [-0.4, -0.2) is 45.0 Å². The number of hydrogen-bond acceptors (Lipinski definition) is 6. The Morgan fingerprint density at radius 2 is 2.09 bits per heavy atom. The van der Waals surface area contributed by atoms with Crippen molar-refractivity contribution in [3.05, 3.63) is 22.7 Å². The van der Waals surface area contributed by atoms with Crippen LogP contribution < -0.4 is 0 Å². The first-order valence-electron chi connectivity index (χ1n) is 6.74. The van der Waals surface area contributed by atoms with Crippen molar-refractivity contribution in [2.24, 2.45) is 0 Å². The summed E-state index contributed by atoms with van der Waals surface area (Å²) < 4.78 is 43.3. The van der Waals surface area contributed by atoms with Gasteiger partial charge in [0, 0.05) is 18.5 Å². The van der Waals surface area contributed by atoms with Crippen LogP contribution in [0.25, 0.3) is 11.5 Å². The van der Waals surface area contributed by atoms with Gasteiger partial charge < -0.3 is 9.63 Å². The summed E-state index contributed by atoms with van der Waals surface area (Å²) in [5, 5.41) is 17.2. The second-order valence-electron chi connectivity index (χ2n) is 5.33. The molecule has 0 amide bonds. The largest absolute Gasteiger partial charge is 0.417 e. The van der Waals surface area contributed by atoms with Gasteiger partial charge in [-0.3, -0.25) is 4.90 Å². The molecule has 0 bridgehead atoms. The highest BCUT2D eigenvalue weighted by Crippen LogP contribution is 2.38. The summed E-state index contributed by atoms with van der Waals surface area (Å²) in [6, 6.07) is 1.85. The minimum Gasteiger partial charge on any atom is -0.380 e. The highest BCUT2D eigenvalue weighted by Gasteiger charge is 2.54. The lowest BCUT2D eigenvalue weighted by atomic mass is 9.91. The molecule has 0 saturated carbocycles. The third-order valence-electron chi connectivity index (χ3n) is 3.81. The Balaban J connectivity index is 1.60. The summed E-state index contributed by atoms with van der Waals surface area (Å²) in [5.74, 6) is 0.832. The van der Waals surface area contributed by atoms with Crippen LogP contribution in [0.5, 0.6) is 0 Å². The van der Waals surface area contributed by atoms with Crippen LogP contribution in [0.3, 0.4) is 0 Å². The molecule has 2 aromatic rings. The molecule has 0 spiro atoms. The third-order valence-corrected chi connectivity index (χ3v) is 4.50. The summed E-state index contributed by atoms with van der Waals surface area (Å²) in [6.07, 6.45) is -5.27. The van der Waals surface area contributed by atoms with E-state index in [2.05, 4.69) is 10.1 Å². The molecule has 1 saturated heterocycles. The molecular weight excluding hydrogens is 319 g/mol. The van der Waals surface area contributed by atoms with Crippen LogP contribution in [0.4, 0.5) is 13.2 Å². The quantitative estimate of drug-likeness (QED) is 0.936. The normalized spacial score (nSPS) is 19.5. The Morgan fingerprint density at radius 1 is 1.36 bits per heavy atom. The summed E-state index contributed by atoms with van der Waals surface area (Å²) in [4.78, 5) is 6.01. The van der Waals surface area contributed by atoms with Gasteiger partial charge in [-0.1, -0.05) is 5.16 Å². The molecule has 0 unspecified atom stereocenters. The highest BCUT2D eigenvalue weighted by atomic mass is 32.1. The number of hydrogen-bond donors (Lipinski definition) is 1. The molecule has 0 atom stereocenters. The molecule has 5 nitrogen and oxygen atoms in total. The maximum atomic E-state index is 12.7. The van der Waals surface area contributed by atoms with Crippen LogP contribution in [0, 0.1) is 0 Å². The Bertz CT molecular complexity index is 619. The van der Waals surface area contributed by atoms with E-state index in [1.54, 1.807) is 4.90 Å². The number of nitrogens with zero attached hydrogens (tertiary/aromatic N) is 3. The summed E-state index contributed by atoms with van der Waals surface area (Å²) in [5.41, 5.74) is -1.75. The van der Waals surface area contributed by atoms with Crippen LogP contribution in [0.15, 0.2) is 21.3 Å². The van der Waals surface area contributed by atoms with E-state index in [4.69, 9.17) is 4.52 Å². The van der Waals surface area contributed by atoms with Crippen molar-refractivity contribution in [3.63, 3.8) is 0 Å².